The van der Waals surface area contributed by atoms with Crippen LogP contribution in [-0.2, 0) is 20.9 Å². The number of hydrogen-bond acceptors (Lipinski definition) is 6. The van der Waals surface area contributed by atoms with Gasteiger partial charge in [0.1, 0.15) is 6.04 Å². The van der Waals surface area contributed by atoms with Crippen LogP contribution < -0.4 is 0 Å². The first kappa shape index (κ1) is 20.5. The first-order valence-electron chi connectivity index (χ1n) is 8.98. The molecule has 1 aromatic carbocycles. The molecule has 2 aromatic rings. The molecular weight excluding hydrogens is 392 g/mol. The van der Waals surface area contributed by atoms with Crippen LogP contribution in [0.25, 0.3) is 0 Å². The summed E-state index contributed by atoms with van der Waals surface area (Å²) in [6.45, 7) is 5.26. The quantitative estimate of drug-likeness (QED) is 0.378. The Labute approximate surface area is 172 Å². The molecule has 1 atom stereocenters. The molecule has 7 nitrogen and oxygen atoms in total. The van der Waals surface area contributed by atoms with Crippen molar-refractivity contribution in [3.8, 4) is 0 Å². The van der Waals surface area contributed by atoms with Crippen molar-refractivity contribution in [3.63, 3.8) is 0 Å². The molecule has 0 radical (unpaired) electrons. The van der Waals surface area contributed by atoms with Gasteiger partial charge in [-0.15, -0.1) is 17.9 Å². The predicted molar refractivity (Wildman–Crippen MR) is 107 cm³/mol. The number of esters is 1. The van der Waals surface area contributed by atoms with Gasteiger partial charge in [-0.2, -0.15) is 0 Å². The fourth-order valence-electron chi connectivity index (χ4n) is 3.01. The van der Waals surface area contributed by atoms with Gasteiger partial charge in [0.15, 0.2) is 6.61 Å². The number of ether oxygens (including phenoxy) is 1. The van der Waals surface area contributed by atoms with Crippen LogP contribution in [0.5, 0.6) is 0 Å². The third-order valence-electron chi connectivity index (χ3n) is 4.52. The van der Waals surface area contributed by atoms with Gasteiger partial charge in [-0.3, -0.25) is 19.3 Å². The normalized spacial score (nSPS) is 13.8. The summed E-state index contributed by atoms with van der Waals surface area (Å²) in [5.41, 5.74) is 0.502. The van der Waals surface area contributed by atoms with Crippen molar-refractivity contribution in [1.29, 1.82) is 0 Å². The molecule has 0 spiro atoms. The molecule has 29 heavy (non-hydrogen) atoms. The maximum Gasteiger partial charge on any atom is 0.329 e. The number of rotatable bonds is 8. The number of amides is 3. The van der Waals surface area contributed by atoms with E-state index in [1.165, 1.54) is 35.3 Å². The average Bonchev–Trinajstić information content (AvgIpc) is 3.32. The molecule has 0 bridgehead atoms. The second kappa shape index (κ2) is 8.83. The van der Waals surface area contributed by atoms with E-state index in [1.54, 1.807) is 18.2 Å². The van der Waals surface area contributed by atoms with Crippen LogP contribution in [0.2, 0.25) is 0 Å². The zero-order valence-electron chi connectivity index (χ0n) is 15.9. The van der Waals surface area contributed by atoms with Crippen LogP contribution in [0.1, 0.15) is 32.5 Å². The summed E-state index contributed by atoms with van der Waals surface area (Å²) in [6.07, 6.45) is 1.59. The molecule has 3 rings (SSSR count). The fourth-order valence-corrected chi connectivity index (χ4v) is 3.73. The molecule has 0 fully saturated rings. The first-order valence-corrected chi connectivity index (χ1v) is 9.86. The second-order valence-corrected chi connectivity index (χ2v) is 7.48. The van der Waals surface area contributed by atoms with Crippen LogP contribution in [0.4, 0.5) is 0 Å². The Kier molecular flexibility index (Phi) is 6.23. The van der Waals surface area contributed by atoms with Crippen molar-refractivity contribution in [3.05, 3.63) is 70.4 Å². The lowest BCUT2D eigenvalue weighted by atomic mass is 10.1. The number of thiophene rings is 1. The molecule has 1 aliphatic heterocycles. The molecule has 2 heterocycles. The van der Waals surface area contributed by atoms with Crippen LogP contribution in [0.15, 0.2) is 54.4 Å². The van der Waals surface area contributed by atoms with Crippen molar-refractivity contribution >= 4 is 35.0 Å². The standard InChI is InChI=1S/C21H20N2O5S/c1-3-10-22(12-15-7-6-11-29-15)18(24)13-28-21(27)14(2)23-19(25)16-8-4-5-9-17(16)20(23)26/h3-9,11,14H,1,10,12-13H2,2H3/t14-/m1/s1. The number of nitrogens with zero attached hydrogens (tertiary/aromatic N) is 2. The van der Waals surface area contributed by atoms with E-state index in [0.717, 1.165) is 9.78 Å². The number of carbonyl (C=O) groups is 4. The van der Waals surface area contributed by atoms with Crippen molar-refractivity contribution < 1.29 is 23.9 Å². The van der Waals surface area contributed by atoms with Gasteiger partial charge in [-0.25, -0.2) is 4.79 Å². The van der Waals surface area contributed by atoms with E-state index in [4.69, 9.17) is 4.74 Å². The van der Waals surface area contributed by atoms with Crippen LogP contribution >= 0.6 is 11.3 Å². The molecule has 3 amide bonds. The molecule has 0 saturated carbocycles. The van der Waals surface area contributed by atoms with E-state index in [-0.39, 0.29) is 17.0 Å². The van der Waals surface area contributed by atoms with E-state index in [0.29, 0.717) is 13.1 Å². The van der Waals surface area contributed by atoms with Gasteiger partial charge in [0, 0.05) is 11.4 Å². The van der Waals surface area contributed by atoms with Gasteiger partial charge in [0.05, 0.1) is 17.7 Å². The minimum absolute atomic E-state index is 0.251. The summed E-state index contributed by atoms with van der Waals surface area (Å²) < 4.78 is 5.11. The number of imide groups is 1. The molecule has 1 aromatic heterocycles. The Morgan fingerprint density at radius 1 is 1.17 bits per heavy atom. The van der Waals surface area contributed by atoms with Crippen LogP contribution in [0, 0.1) is 0 Å². The molecule has 1 aliphatic rings. The zero-order chi connectivity index (χ0) is 21.0. The van der Waals surface area contributed by atoms with E-state index in [9.17, 15) is 19.2 Å². The number of fused-ring (bicyclic) bond motifs is 1. The monoisotopic (exact) mass is 412 g/mol. The summed E-state index contributed by atoms with van der Waals surface area (Å²) in [5.74, 6) is -2.30. The average molecular weight is 412 g/mol. The summed E-state index contributed by atoms with van der Waals surface area (Å²) in [4.78, 5) is 53.2. The van der Waals surface area contributed by atoms with Crippen molar-refractivity contribution in [2.45, 2.75) is 19.5 Å². The summed E-state index contributed by atoms with van der Waals surface area (Å²) in [7, 11) is 0. The SMILES string of the molecule is C=CCN(Cc1cccs1)C(=O)COC(=O)[C@@H](C)N1C(=O)c2ccccc2C1=O. The third-order valence-corrected chi connectivity index (χ3v) is 5.38. The Morgan fingerprint density at radius 3 is 2.38 bits per heavy atom. The number of carbonyl (C=O) groups excluding carboxylic acids is 4. The smallest absolute Gasteiger partial charge is 0.329 e. The van der Waals surface area contributed by atoms with Crippen LogP contribution in [0.3, 0.4) is 0 Å². The molecule has 0 saturated heterocycles. The lowest BCUT2D eigenvalue weighted by molar-refractivity contribution is -0.154. The zero-order valence-corrected chi connectivity index (χ0v) is 16.7. The number of hydrogen-bond donors (Lipinski definition) is 0. The van der Waals surface area contributed by atoms with E-state index in [2.05, 4.69) is 6.58 Å². The predicted octanol–water partition coefficient (Wildman–Crippen LogP) is 2.49. The Balaban J connectivity index is 1.61. The fraction of sp³-hybridized carbons (Fsp3) is 0.238. The molecule has 150 valence electrons. The highest BCUT2D eigenvalue weighted by Gasteiger charge is 2.41. The third kappa shape index (κ3) is 4.27. The summed E-state index contributed by atoms with van der Waals surface area (Å²) in [5, 5.41) is 1.91. The molecule has 0 N–H and O–H groups in total. The molecular formula is C21H20N2O5S. The van der Waals surface area contributed by atoms with Crippen LogP contribution in [-0.4, -0.2) is 52.7 Å². The van der Waals surface area contributed by atoms with Gasteiger partial charge in [-0.1, -0.05) is 24.3 Å². The van der Waals surface area contributed by atoms with Crippen molar-refractivity contribution in [2.75, 3.05) is 13.2 Å². The van der Waals surface area contributed by atoms with Gasteiger partial charge in [-0.05, 0) is 30.5 Å². The van der Waals surface area contributed by atoms with Gasteiger partial charge >= 0.3 is 5.97 Å². The highest BCUT2D eigenvalue weighted by molar-refractivity contribution is 7.09. The van der Waals surface area contributed by atoms with E-state index < -0.39 is 30.4 Å². The van der Waals surface area contributed by atoms with E-state index in [1.807, 2.05) is 17.5 Å². The largest absolute Gasteiger partial charge is 0.454 e. The molecule has 0 unspecified atom stereocenters. The van der Waals surface area contributed by atoms with Gasteiger partial charge in [0.2, 0.25) is 0 Å². The summed E-state index contributed by atoms with van der Waals surface area (Å²) >= 11 is 1.52. The lowest BCUT2D eigenvalue weighted by Crippen LogP contribution is -2.44. The second-order valence-electron chi connectivity index (χ2n) is 6.45. The number of benzene rings is 1. The highest BCUT2D eigenvalue weighted by atomic mass is 32.1. The minimum Gasteiger partial charge on any atom is -0.454 e. The Morgan fingerprint density at radius 2 is 1.83 bits per heavy atom. The summed E-state index contributed by atoms with van der Waals surface area (Å²) in [6, 6.07) is 9.03. The topological polar surface area (TPSA) is 84.0 Å². The van der Waals surface area contributed by atoms with E-state index >= 15 is 0 Å². The maximum atomic E-state index is 12.5. The van der Waals surface area contributed by atoms with Crippen molar-refractivity contribution in [1.82, 2.24) is 9.80 Å². The first-order chi connectivity index (χ1) is 13.9. The maximum absolute atomic E-state index is 12.5. The molecule has 8 heteroatoms. The highest BCUT2D eigenvalue weighted by Crippen LogP contribution is 2.24. The van der Waals surface area contributed by atoms with Gasteiger partial charge in [0.25, 0.3) is 17.7 Å². The Bertz CT molecular complexity index is 919. The lowest BCUT2D eigenvalue weighted by Gasteiger charge is -2.23. The molecule has 0 aliphatic carbocycles. The van der Waals surface area contributed by atoms with Crippen molar-refractivity contribution in [2.24, 2.45) is 0 Å². The Hall–Kier alpha value is -3.26. The van der Waals surface area contributed by atoms with Gasteiger partial charge < -0.3 is 9.64 Å². The minimum atomic E-state index is -1.14.